The predicted octanol–water partition coefficient (Wildman–Crippen LogP) is 1.93. The Kier molecular flexibility index (Phi) is 4.45. The van der Waals surface area contributed by atoms with Gasteiger partial charge in [0.15, 0.2) is 0 Å². The zero-order valence-corrected chi connectivity index (χ0v) is 11.6. The summed E-state index contributed by atoms with van der Waals surface area (Å²) in [5.41, 5.74) is 4.45. The zero-order chi connectivity index (χ0) is 17.0. The highest BCUT2D eigenvalue weighted by atomic mass is 19.4. The lowest BCUT2D eigenvalue weighted by molar-refractivity contribution is -0.137. The normalized spacial score (nSPS) is 10.9. The fraction of sp³-hybridized carbons (Fsp3) is 0.143. The van der Waals surface area contributed by atoms with Crippen LogP contribution in [0.1, 0.15) is 11.4 Å². The molecule has 0 spiro atoms. The van der Waals surface area contributed by atoms with Crippen LogP contribution in [-0.2, 0) is 11.0 Å². The van der Waals surface area contributed by atoms with Crippen LogP contribution in [0.4, 0.5) is 19.0 Å². The summed E-state index contributed by atoms with van der Waals surface area (Å²) in [5, 5.41) is 11.5. The molecule has 23 heavy (non-hydrogen) atoms. The summed E-state index contributed by atoms with van der Waals surface area (Å²) in [6.45, 7) is -0.232. The first kappa shape index (κ1) is 16.2. The molecule has 2 rings (SSSR count). The third kappa shape index (κ3) is 4.16. The molecule has 1 heterocycles. The number of hydrogen-bond donors (Lipinski definition) is 2. The predicted molar refractivity (Wildman–Crippen MR) is 74.9 cm³/mol. The van der Waals surface area contributed by atoms with Gasteiger partial charge in [0.05, 0.1) is 17.8 Å². The van der Waals surface area contributed by atoms with Crippen LogP contribution in [0.15, 0.2) is 30.3 Å². The Bertz CT molecular complexity index is 783. The smallest absolute Gasteiger partial charge is 0.368 e. The Hall–Kier alpha value is -3.15. The van der Waals surface area contributed by atoms with Crippen molar-refractivity contribution >= 4 is 11.7 Å². The van der Waals surface area contributed by atoms with E-state index in [0.29, 0.717) is 0 Å². The van der Waals surface area contributed by atoms with Gasteiger partial charge in [-0.3, -0.25) is 4.79 Å². The maximum atomic E-state index is 12.8. The van der Waals surface area contributed by atoms with E-state index in [1.807, 2.05) is 0 Å². The molecule has 0 radical (unpaired) electrons. The lowest BCUT2D eigenvalue weighted by atomic mass is 10.1. The minimum absolute atomic E-state index is 0.114. The Morgan fingerprint density at radius 1 is 1.30 bits per heavy atom. The monoisotopic (exact) mass is 321 g/mol. The summed E-state index contributed by atoms with van der Waals surface area (Å²) >= 11 is 0. The number of nitriles is 1. The molecule has 0 saturated carbocycles. The van der Waals surface area contributed by atoms with Gasteiger partial charge in [-0.05, 0) is 12.1 Å². The first-order chi connectivity index (χ1) is 10.8. The summed E-state index contributed by atoms with van der Waals surface area (Å²) in [6, 6.07) is 7.56. The van der Waals surface area contributed by atoms with Gasteiger partial charge in [-0.2, -0.15) is 18.4 Å². The number of benzene rings is 1. The van der Waals surface area contributed by atoms with Crippen molar-refractivity contribution in [2.75, 3.05) is 11.9 Å². The molecule has 1 aromatic carbocycles. The van der Waals surface area contributed by atoms with E-state index in [1.165, 1.54) is 18.2 Å². The molecule has 0 aliphatic carbocycles. The van der Waals surface area contributed by atoms with Crippen LogP contribution in [0, 0.1) is 11.3 Å². The minimum atomic E-state index is -4.49. The SMILES string of the molecule is N#Cc1nc(NCC(N)=O)cc(-c2cccc(C(F)(F)F)c2)n1. The van der Waals surface area contributed by atoms with Gasteiger partial charge >= 0.3 is 6.18 Å². The van der Waals surface area contributed by atoms with Crippen molar-refractivity contribution in [1.29, 1.82) is 5.26 Å². The minimum Gasteiger partial charge on any atom is -0.368 e. The average Bonchev–Trinajstić information content (AvgIpc) is 2.52. The number of primary amides is 1. The van der Waals surface area contributed by atoms with Crippen LogP contribution < -0.4 is 11.1 Å². The van der Waals surface area contributed by atoms with Gasteiger partial charge in [0.1, 0.15) is 11.9 Å². The Morgan fingerprint density at radius 3 is 2.65 bits per heavy atom. The molecule has 3 N–H and O–H groups in total. The number of alkyl halides is 3. The number of carbonyl (C=O) groups is 1. The van der Waals surface area contributed by atoms with Crippen molar-refractivity contribution < 1.29 is 18.0 Å². The van der Waals surface area contributed by atoms with Crippen LogP contribution in [0.2, 0.25) is 0 Å². The third-order valence-electron chi connectivity index (χ3n) is 2.76. The maximum Gasteiger partial charge on any atom is 0.416 e. The molecular formula is C14H10F3N5O. The summed E-state index contributed by atoms with van der Waals surface area (Å²) in [4.78, 5) is 18.4. The standard InChI is InChI=1S/C14H10F3N5O/c15-14(16,17)9-3-1-2-8(4-9)10-5-12(20-7-11(19)23)22-13(6-18)21-10/h1-5H,7H2,(H2,19,23)(H,20,21,22). The van der Waals surface area contributed by atoms with Crippen LogP contribution in [0.25, 0.3) is 11.3 Å². The largest absolute Gasteiger partial charge is 0.416 e. The molecule has 9 heteroatoms. The maximum absolute atomic E-state index is 12.8. The fourth-order valence-corrected chi connectivity index (χ4v) is 1.77. The van der Waals surface area contributed by atoms with E-state index in [4.69, 9.17) is 11.0 Å². The van der Waals surface area contributed by atoms with Crippen molar-refractivity contribution in [3.05, 3.63) is 41.7 Å². The number of nitrogens with two attached hydrogens (primary N) is 1. The van der Waals surface area contributed by atoms with Crippen molar-refractivity contribution in [2.45, 2.75) is 6.18 Å². The molecule has 0 aliphatic rings. The second-order valence-electron chi connectivity index (χ2n) is 4.47. The van der Waals surface area contributed by atoms with Gasteiger partial charge in [0, 0.05) is 11.6 Å². The van der Waals surface area contributed by atoms with Gasteiger partial charge in [-0.15, -0.1) is 0 Å². The highest BCUT2D eigenvalue weighted by Gasteiger charge is 2.30. The molecule has 0 saturated heterocycles. The molecule has 0 bridgehead atoms. The highest BCUT2D eigenvalue weighted by Crippen LogP contribution is 2.32. The topological polar surface area (TPSA) is 105 Å². The van der Waals surface area contributed by atoms with Crippen LogP contribution in [0.3, 0.4) is 0 Å². The first-order valence-corrected chi connectivity index (χ1v) is 6.28. The van der Waals surface area contributed by atoms with E-state index >= 15 is 0 Å². The van der Waals surface area contributed by atoms with Crippen molar-refractivity contribution in [3.63, 3.8) is 0 Å². The number of halogens is 3. The molecule has 6 nitrogen and oxygen atoms in total. The number of rotatable bonds is 4. The molecule has 1 amide bonds. The molecule has 2 aromatic rings. The third-order valence-corrected chi connectivity index (χ3v) is 2.76. The number of anilines is 1. The van der Waals surface area contributed by atoms with E-state index in [2.05, 4.69) is 15.3 Å². The van der Waals surface area contributed by atoms with Crippen LogP contribution in [-0.4, -0.2) is 22.4 Å². The van der Waals surface area contributed by atoms with Gasteiger partial charge in [0.2, 0.25) is 11.7 Å². The van der Waals surface area contributed by atoms with E-state index in [0.717, 1.165) is 12.1 Å². The van der Waals surface area contributed by atoms with Crippen LogP contribution >= 0.6 is 0 Å². The number of amides is 1. The molecule has 0 fully saturated rings. The average molecular weight is 321 g/mol. The van der Waals surface area contributed by atoms with Gasteiger partial charge in [-0.1, -0.05) is 12.1 Å². The highest BCUT2D eigenvalue weighted by molar-refractivity contribution is 5.78. The quantitative estimate of drug-likeness (QED) is 0.895. The second kappa shape index (κ2) is 6.31. The molecule has 0 atom stereocenters. The summed E-state index contributed by atoms with van der Waals surface area (Å²) < 4.78 is 38.3. The Balaban J connectivity index is 2.44. The van der Waals surface area contributed by atoms with Crippen molar-refractivity contribution in [3.8, 4) is 17.3 Å². The fourth-order valence-electron chi connectivity index (χ4n) is 1.77. The summed E-state index contributed by atoms with van der Waals surface area (Å²) in [5.74, 6) is -0.780. The van der Waals surface area contributed by atoms with Gasteiger partial charge < -0.3 is 11.1 Å². The van der Waals surface area contributed by atoms with Gasteiger partial charge in [0.25, 0.3) is 0 Å². The lowest BCUT2D eigenvalue weighted by Gasteiger charge is -2.10. The van der Waals surface area contributed by atoms with E-state index < -0.39 is 17.6 Å². The Labute approximate surface area is 128 Å². The van der Waals surface area contributed by atoms with Gasteiger partial charge in [-0.25, -0.2) is 9.97 Å². The molecular weight excluding hydrogens is 311 g/mol. The second-order valence-corrected chi connectivity index (χ2v) is 4.47. The van der Waals surface area contributed by atoms with E-state index in [-0.39, 0.29) is 29.4 Å². The number of carbonyl (C=O) groups excluding carboxylic acids is 1. The van der Waals surface area contributed by atoms with Crippen molar-refractivity contribution in [2.24, 2.45) is 5.73 Å². The molecule has 118 valence electrons. The molecule has 1 aromatic heterocycles. The Morgan fingerprint density at radius 2 is 2.04 bits per heavy atom. The number of hydrogen-bond acceptors (Lipinski definition) is 5. The lowest BCUT2D eigenvalue weighted by Crippen LogP contribution is -2.22. The van der Waals surface area contributed by atoms with Crippen molar-refractivity contribution in [1.82, 2.24) is 9.97 Å². The first-order valence-electron chi connectivity index (χ1n) is 6.28. The number of nitrogens with zero attached hydrogens (tertiary/aromatic N) is 3. The number of aromatic nitrogens is 2. The summed E-state index contributed by atoms with van der Waals surface area (Å²) in [7, 11) is 0. The molecule has 0 unspecified atom stereocenters. The van der Waals surface area contributed by atoms with E-state index in [9.17, 15) is 18.0 Å². The molecule has 0 aliphatic heterocycles. The zero-order valence-electron chi connectivity index (χ0n) is 11.6. The number of nitrogens with one attached hydrogen (secondary N) is 1. The van der Waals surface area contributed by atoms with Crippen LogP contribution in [0.5, 0.6) is 0 Å². The van der Waals surface area contributed by atoms with E-state index in [1.54, 1.807) is 6.07 Å². The summed E-state index contributed by atoms with van der Waals surface area (Å²) in [6.07, 6.45) is -4.49.